The van der Waals surface area contributed by atoms with Crippen LogP contribution in [0.4, 0.5) is 0 Å². The lowest BCUT2D eigenvalue weighted by Crippen LogP contribution is -2.31. The summed E-state index contributed by atoms with van der Waals surface area (Å²) in [5.41, 5.74) is 2.92. The molecule has 6 heteroatoms. The Morgan fingerprint density at radius 3 is 2.34 bits per heavy atom. The summed E-state index contributed by atoms with van der Waals surface area (Å²) in [7, 11) is 1.58. The molecule has 32 heavy (non-hydrogen) atoms. The van der Waals surface area contributed by atoms with Gasteiger partial charge in [0.05, 0.1) is 11.6 Å². The van der Waals surface area contributed by atoms with Crippen molar-refractivity contribution in [2.45, 2.75) is 45.6 Å². The third kappa shape index (κ3) is 4.55. The molecule has 2 aromatic carbocycles. The Bertz CT molecular complexity index is 1050. The third-order valence-electron chi connectivity index (χ3n) is 5.85. The van der Waals surface area contributed by atoms with E-state index in [0.29, 0.717) is 30.7 Å². The molecule has 1 aliphatic heterocycles. The average molecular weight is 438 g/mol. The third-order valence-corrected chi connectivity index (χ3v) is 5.85. The Hall–Kier alpha value is -3.12. The number of likely N-dealkylation sites (tertiary alicyclic amines) is 1. The fourth-order valence-corrected chi connectivity index (χ4v) is 3.98. The predicted octanol–water partition coefficient (Wildman–Crippen LogP) is 4.46. The maximum atomic E-state index is 13.1. The van der Waals surface area contributed by atoms with Crippen molar-refractivity contribution in [2.24, 2.45) is 0 Å². The van der Waals surface area contributed by atoms with E-state index in [-0.39, 0.29) is 22.5 Å². The molecule has 1 aliphatic rings. The van der Waals surface area contributed by atoms with Crippen molar-refractivity contribution >= 4 is 17.4 Å². The average Bonchev–Trinajstić information content (AvgIpc) is 2.98. The molecule has 0 aromatic heterocycles. The standard InChI is InChI=1S/C26H31NO5/c1-16-7-10-18(26(2,3)4)15-20(16)23(29)21-22(17-8-11-19(28)12-9-17)27(13-6-14-32-5)25(31)24(21)30/h7-12,15,22,28-29H,6,13-14H2,1-5H3/b23-21+. The van der Waals surface area contributed by atoms with Crippen molar-refractivity contribution in [1.82, 2.24) is 4.90 Å². The van der Waals surface area contributed by atoms with Crippen LogP contribution in [0.1, 0.15) is 55.5 Å². The molecular formula is C26H31NO5. The number of ketones is 1. The van der Waals surface area contributed by atoms with E-state index >= 15 is 0 Å². The Kier molecular flexibility index (Phi) is 6.74. The summed E-state index contributed by atoms with van der Waals surface area (Å²) in [6.45, 7) is 8.84. The van der Waals surface area contributed by atoms with Gasteiger partial charge in [-0.1, -0.05) is 45.0 Å². The first kappa shape index (κ1) is 23.5. The number of hydrogen-bond donors (Lipinski definition) is 2. The van der Waals surface area contributed by atoms with E-state index in [9.17, 15) is 19.8 Å². The van der Waals surface area contributed by atoms with E-state index in [1.54, 1.807) is 19.2 Å². The first-order chi connectivity index (χ1) is 15.1. The molecule has 0 bridgehead atoms. The minimum Gasteiger partial charge on any atom is -0.508 e. The van der Waals surface area contributed by atoms with Crippen LogP contribution in [0.15, 0.2) is 48.0 Å². The highest BCUT2D eigenvalue weighted by Gasteiger charge is 2.46. The first-order valence-electron chi connectivity index (χ1n) is 10.7. The van der Waals surface area contributed by atoms with Gasteiger partial charge in [-0.05, 0) is 53.6 Å². The molecular weight excluding hydrogens is 406 g/mol. The second-order valence-electron chi connectivity index (χ2n) is 9.21. The Labute approximate surface area is 189 Å². The van der Waals surface area contributed by atoms with Crippen LogP contribution in [0, 0.1) is 6.92 Å². The molecule has 0 spiro atoms. The van der Waals surface area contributed by atoms with E-state index in [0.717, 1.165) is 11.1 Å². The van der Waals surface area contributed by atoms with Crippen molar-refractivity contribution < 1.29 is 24.5 Å². The summed E-state index contributed by atoms with van der Waals surface area (Å²) < 4.78 is 5.11. The molecule has 1 saturated heterocycles. The zero-order chi connectivity index (χ0) is 23.6. The normalized spacial score (nSPS) is 18.4. The van der Waals surface area contributed by atoms with Gasteiger partial charge >= 0.3 is 0 Å². The molecule has 0 saturated carbocycles. The quantitative estimate of drug-likeness (QED) is 0.302. The number of carbonyl (C=O) groups is 2. The van der Waals surface area contributed by atoms with Gasteiger partial charge in [-0.25, -0.2) is 0 Å². The highest BCUT2D eigenvalue weighted by atomic mass is 16.5. The van der Waals surface area contributed by atoms with Gasteiger partial charge in [0.1, 0.15) is 11.5 Å². The van der Waals surface area contributed by atoms with Crippen LogP contribution < -0.4 is 0 Å². The fourth-order valence-electron chi connectivity index (χ4n) is 3.98. The van der Waals surface area contributed by atoms with E-state index in [2.05, 4.69) is 20.8 Å². The van der Waals surface area contributed by atoms with E-state index in [4.69, 9.17) is 4.74 Å². The van der Waals surface area contributed by atoms with Gasteiger partial charge in [0.15, 0.2) is 0 Å². The van der Waals surface area contributed by atoms with Gasteiger partial charge < -0.3 is 19.8 Å². The second kappa shape index (κ2) is 9.17. The number of hydrogen-bond acceptors (Lipinski definition) is 5. The van der Waals surface area contributed by atoms with E-state index in [1.807, 2.05) is 25.1 Å². The molecule has 0 radical (unpaired) electrons. The Morgan fingerprint density at radius 2 is 1.75 bits per heavy atom. The summed E-state index contributed by atoms with van der Waals surface area (Å²) in [5, 5.41) is 21.1. The number of ether oxygens (including phenoxy) is 1. The van der Waals surface area contributed by atoms with Gasteiger partial charge in [-0.3, -0.25) is 9.59 Å². The lowest BCUT2D eigenvalue weighted by molar-refractivity contribution is -0.140. The molecule has 1 heterocycles. The number of rotatable bonds is 6. The summed E-state index contributed by atoms with van der Waals surface area (Å²) in [6, 6.07) is 11.4. The topological polar surface area (TPSA) is 87.1 Å². The number of aliphatic hydroxyl groups is 1. The lowest BCUT2D eigenvalue weighted by Gasteiger charge is -2.26. The molecule has 1 fully saturated rings. The van der Waals surface area contributed by atoms with Gasteiger partial charge in [-0.15, -0.1) is 0 Å². The molecule has 0 aliphatic carbocycles. The van der Waals surface area contributed by atoms with E-state index in [1.165, 1.54) is 17.0 Å². The molecule has 3 rings (SSSR count). The van der Waals surface area contributed by atoms with Gasteiger partial charge in [0.2, 0.25) is 0 Å². The summed E-state index contributed by atoms with van der Waals surface area (Å²) in [6.07, 6.45) is 0.552. The number of aryl methyl sites for hydroxylation is 1. The number of amides is 1. The number of nitrogens with zero attached hydrogens (tertiary/aromatic N) is 1. The van der Waals surface area contributed by atoms with Crippen LogP contribution in [0.5, 0.6) is 5.75 Å². The van der Waals surface area contributed by atoms with Crippen molar-refractivity contribution in [1.29, 1.82) is 0 Å². The number of aromatic hydroxyl groups is 1. The number of phenolic OH excluding ortho intramolecular Hbond substituents is 1. The second-order valence-corrected chi connectivity index (χ2v) is 9.21. The highest BCUT2D eigenvalue weighted by molar-refractivity contribution is 6.46. The molecule has 170 valence electrons. The van der Waals surface area contributed by atoms with Crippen molar-refractivity contribution in [2.75, 3.05) is 20.3 Å². The van der Waals surface area contributed by atoms with Gasteiger partial charge in [0.25, 0.3) is 11.7 Å². The minimum absolute atomic E-state index is 0.0623. The SMILES string of the molecule is COCCCN1C(=O)C(=O)/C(=C(/O)c2cc(C(C)(C)C)ccc2C)C1c1ccc(O)cc1. The molecule has 1 atom stereocenters. The van der Waals surface area contributed by atoms with E-state index < -0.39 is 17.7 Å². The summed E-state index contributed by atoms with van der Waals surface area (Å²) >= 11 is 0. The summed E-state index contributed by atoms with van der Waals surface area (Å²) in [5.74, 6) is -1.46. The fraction of sp³-hybridized carbons (Fsp3) is 0.385. The van der Waals surface area contributed by atoms with Crippen LogP contribution >= 0.6 is 0 Å². The predicted molar refractivity (Wildman–Crippen MR) is 123 cm³/mol. The number of Topliss-reactive ketones (excluding diaryl/α,β-unsaturated/α-hetero) is 1. The molecule has 1 amide bonds. The number of carbonyl (C=O) groups excluding carboxylic acids is 2. The number of methoxy groups -OCH3 is 1. The van der Waals surface area contributed by atoms with Gasteiger partial charge in [0, 0.05) is 25.8 Å². The monoisotopic (exact) mass is 437 g/mol. The van der Waals surface area contributed by atoms with Crippen LogP contribution in [-0.4, -0.2) is 47.1 Å². The molecule has 2 N–H and O–H groups in total. The molecule has 1 unspecified atom stereocenters. The van der Waals surface area contributed by atoms with Crippen LogP contribution in [0.25, 0.3) is 5.76 Å². The number of phenols is 1. The largest absolute Gasteiger partial charge is 0.508 e. The Balaban J connectivity index is 2.19. The van der Waals surface area contributed by atoms with Crippen molar-refractivity contribution in [3.8, 4) is 5.75 Å². The smallest absolute Gasteiger partial charge is 0.295 e. The lowest BCUT2D eigenvalue weighted by atomic mass is 9.84. The zero-order valence-electron chi connectivity index (χ0n) is 19.3. The maximum absolute atomic E-state index is 13.1. The molecule has 6 nitrogen and oxygen atoms in total. The zero-order valence-corrected chi connectivity index (χ0v) is 19.3. The highest BCUT2D eigenvalue weighted by Crippen LogP contribution is 2.40. The van der Waals surface area contributed by atoms with Crippen LogP contribution in [-0.2, 0) is 19.7 Å². The van der Waals surface area contributed by atoms with Crippen LogP contribution in [0.2, 0.25) is 0 Å². The van der Waals surface area contributed by atoms with Crippen molar-refractivity contribution in [3.63, 3.8) is 0 Å². The number of benzene rings is 2. The summed E-state index contributed by atoms with van der Waals surface area (Å²) in [4.78, 5) is 27.5. The number of aliphatic hydroxyl groups excluding tert-OH is 1. The van der Waals surface area contributed by atoms with Crippen molar-refractivity contribution in [3.05, 3.63) is 70.3 Å². The molecule has 2 aromatic rings. The van der Waals surface area contributed by atoms with Gasteiger partial charge in [-0.2, -0.15) is 0 Å². The first-order valence-corrected chi connectivity index (χ1v) is 10.7. The minimum atomic E-state index is -0.745. The Morgan fingerprint density at radius 1 is 1.09 bits per heavy atom. The van der Waals surface area contributed by atoms with Crippen LogP contribution in [0.3, 0.4) is 0 Å². The maximum Gasteiger partial charge on any atom is 0.295 e.